The van der Waals surface area contributed by atoms with E-state index in [1.165, 1.54) is 18.0 Å². The number of hydrogen-bond acceptors (Lipinski definition) is 3. The molecule has 4 nitrogen and oxygen atoms in total. The number of pyridine rings is 1. The van der Waals surface area contributed by atoms with Crippen molar-refractivity contribution in [3.05, 3.63) is 42.1 Å². The summed E-state index contributed by atoms with van der Waals surface area (Å²) in [6.45, 7) is 2.25. The van der Waals surface area contributed by atoms with Crippen LogP contribution in [0.3, 0.4) is 0 Å². The quantitative estimate of drug-likeness (QED) is 0.728. The number of ether oxygens (including phenoxy) is 1. The fourth-order valence-electron chi connectivity index (χ4n) is 2.44. The molecule has 120 valence electrons. The lowest BCUT2D eigenvalue weighted by Crippen LogP contribution is -2.07. The first-order valence-electron chi connectivity index (χ1n) is 7.02. The zero-order valence-corrected chi connectivity index (χ0v) is 12.6. The molecule has 0 aliphatic carbocycles. The molecule has 0 saturated heterocycles. The Hall–Kier alpha value is -2.57. The minimum atomic E-state index is -4.48. The summed E-state index contributed by atoms with van der Waals surface area (Å²) in [5, 5.41) is 3.99. The van der Waals surface area contributed by atoms with Crippen molar-refractivity contribution in [1.82, 2.24) is 14.8 Å². The maximum atomic E-state index is 13.4. The van der Waals surface area contributed by atoms with Gasteiger partial charge in [0.1, 0.15) is 5.75 Å². The fraction of sp³-hybridized carbons (Fsp3) is 0.250. The van der Waals surface area contributed by atoms with E-state index in [1.807, 2.05) is 0 Å². The van der Waals surface area contributed by atoms with Crippen LogP contribution in [0.2, 0.25) is 0 Å². The molecule has 0 fully saturated rings. The minimum Gasteiger partial charge on any atom is -0.497 e. The third-order valence-corrected chi connectivity index (χ3v) is 3.58. The van der Waals surface area contributed by atoms with Crippen LogP contribution in [0, 0.1) is 0 Å². The first kappa shape index (κ1) is 15.3. The van der Waals surface area contributed by atoms with E-state index < -0.39 is 11.7 Å². The summed E-state index contributed by atoms with van der Waals surface area (Å²) in [5.74, 6) is 0.557. The van der Waals surface area contributed by atoms with Gasteiger partial charge in [-0.2, -0.15) is 18.3 Å². The topological polar surface area (TPSA) is 39.9 Å². The summed E-state index contributed by atoms with van der Waals surface area (Å²) >= 11 is 0. The Bertz CT molecular complexity index is 855. The second-order valence-corrected chi connectivity index (χ2v) is 4.98. The normalized spacial score (nSPS) is 11.9. The van der Waals surface area contributed by atoms with Crippen molar-refractivity contribution < 1.29 is 17.9 Å². The van der Waals surface area contributed by atoms with Gasteiger partial charge in [-0.3, -0.25) is 0 Å². The van der Waals surface area contributed by atoms with Gasteiger partial charge in [-0.25, -0.2) is 9.67 Å². The van der Waals surface area contributed by atoms with Gasteiger partial charge in [0, 0.05) is 12.1 Å². The summed E-state index contributed by atoms with van der Waals surface area (Å²) in [6.07, 6.45) is -3.26. The average molecular weight is 321 g/mol. The number of hydrogen-bond donors (Lipinski definition) is 0. The highest BCUT2D eigenvalue weighted by Crippen LogP contribution is 2.37. The smallest absolute Gasteiger partial charge is 0.417 e. The minimum absolute atomic E-state index is 0.00555. The Morgan fingerprint density at radius 2 is 2.00 bits per heavy atom. The number of fused-ring (bicyclic) bond motifs is 1. The third kappa shape index (κ3) is 2.74. The molecule has 0 bridgehead atoms. The van der Waals surface area contributed by atoms with E-state index in [1.54, 1.807) is 31.2 Å². The second kappa shape index (κ2) is 5.57. The average Bonchev–Trinajstić information content (AvgIpc) is 2.96. The van der Waals surface area contributed by atoms with Crippen molar-refractivity contribution in [3.8, 4) is 17.0 Å². The maximum absolute atomic E-state index is 13.4. The van der Waals surface area contributed by atoms with E-state index in [4.69, 9.17) is 4.74 Å². The molecule has 23 heavy (non-hydrogen) atoms. The van der Waals surface area contributed by atoms with Crippen molar-refractivity contribution in [3.63, 3.8) is 0 Å². The molecule has 0 amide bonds. The highest BCUT2D eigenvalue weighted by atomic mass is 19.4. The zero-order valence-electron chi connectivity index (χ0n) is 12.6. The molecule has 2 heterocycles. The molecular weight excluding hydrogens is 307 g/mol. The van der Waals surface area contributed by atoms with Gasteiger partial charge < -0.3 is 4.74 Å². The lowest BCUT2D eigenvalue weighted by atomic mass is 10.1. The maximum Gasteiger partial charge on any atom is 0.417 e. The van der Waals surface area contributed by atoms with Crippen molar-refractivity contribution >= 4 is 11.0 Å². The Labute approximate surface area is 130 Å². The summed E-state index contributed by atoms with van der Waals surface area (Å²) in [7, 11) is 1.50. The molecule has 0 unspecified atom stereocenters. The van der Waals surface area contributed by atoms with E-state index >= 15 is 0 Å². The van der Waals surface area contributed by atoms with Crippen molar-refractivity contribution in [2.24, 2.45) is 0 Å². The molecule has 1 aromatic carbocycles. The number of halogens is 3. The molecule has 0 atom stereocenters. The van der Waals surface area contributed by atoms with Gasteiger partial charge in [0.25, 0.3) is 0 Å². The number of rotatable bonds is 3. The van der Waals surface area contributed by atoms with E-state index in [0.29, 0.717) is 17.9 Å². The SMILES string of the molecule is CCn1ncc2c(C(F)(F)F)cc(-c3cccc(OC)c3)nc21. The lowest BCUT2D eigenvalue weighted by molar-refractivity contribution is -0.136. The van der Waals surface area contributed by atoms with Crippen LogP contribution in [0.5, 0.6) is 5.75 Å². The molecule has 0 spiro atoms. The van der Waals surface area contributed by atoms with Crippen LogP contribution in [0.4, 0.5) is 13.2 Å². The predicted molar refractivity (Wildman–Crippen MR) is 80.2 cm³/mol. The summed E-state index contributed by atoms with van der Waals surface area (Å²) in [6, 6.07) is 7.84. The second-order valence-electron chi connectivity index (χ2n) is 4.98. The highest BCUT2D eigenvalue weighted by Gasteiger charge is 2.34. The molecule has 7 heteroatoms. The summed E-state index contributed by atoms with van der Waals surface area (Å²) < 4.78 is 46.7. The van der Waals surface area contributed by atoms with Crippen molar-refractivity contribution in [1.29, 1.82) is 0 Å². The Morgan fingerprint density at radius 1 is 1.22 bits per heavy atom. The highest BCUT2D eigenvalue weighted by molar-refractivity contribution is 5.83. The van der Waals surface area contributed by atoms with E-state index in [2.05, 4.69) is 10.1 Å². The molecule has 0 aliphatic heterocycles. The molecular formula is C16H14F3N3O. The van der Waals surface area contributed by atoms with Crippen LogP contribution in [0.25, 0.3) is 22.3 Å². The van der Waals surface area contributed by atoms with Crippen molar-refractivity contribution in [2.75, 3.05) is 7.11 Å². The monoisotopic (exact) mass is 321 g/mol. The number of alkyl halides is 3. The van der Waals surface area contributed by atoms with Gasteiger partial charge in [0.05, 0.1) is 30.0 Å². The Balaban J connectivity index is 2.28. The number of nitrogens with zero attached hydrogens (tertiary/aromatic N) is 3. The molecule has 0 aliphatic rings. The van der Waals surface area contributed by atoms with Crippen LogP contribution < -0.4 is 4.74 Å². The number of methoxy groups -OCH3 is 1. The largest absolute Gasteiger partial charge is 0.497 e. The predicted octanol–water partition coefficient (Wildman–Crippen LogP) is 4.15. The van der Waals surface area contributed by atoms with Crippen LogP contribution in [-0.2, 0) is 12.7 Å². The van der Waals surface area contributed by atoms with Gasteiger partial charge >= 0.3 is 6.18 Å². The third-order valence-electron chi connectivity index (χ3n) is 3.58. The molecule has 2 aromatic heterocycles. The molecule has 0 radical (unpaired) electrons. The van der Waals surface area contributed by atoms with Gasteiger partial charge in [-0.1, -0.05) is 12.1 Å². The molecule has 3 rings (SSSR count). The van der Waals surface area contributed by atoms with E-state index in [0.717, 1.165) is 6.07 Å². The molecule has 0 saturated carbocycles. The number of aromatic nitrogens is 3. The summed E-state index contributed by atoms with van der Waals surface area (Å²) in [5.41, 5.74) is 0.277. The number of aryl methyl sites for hydroxylation is 1. The zero-order chi connectivity index (χ0) is 16.6. The van der Waals surface area contributed by atoms with E-state index in [-0.39, 0.29) is 16.7 Å². The Morgan fingerprint density at radius 3 is 2.65 bits per heavy atom. The van der Waals surface area contributed by atoms with Gasteiger partial charge in [-0.05, 0) is 25.1 Å². The fourth-order valence-corrected chi connectivity index (χ4v) is 2.44. The van der Waals surface area contributed by atoms with Crippen LogP contribution in [0.1, 0.15) is 12.5 Å². The van der Waals surface area contributed by atoms with Crippen LogP contribution in [0.15, 0.2) is 36.5 Å². The first-order chi connectivity index (χ1) is 10.9. The van der Waals surface area contributed by atoms with Crippen molar-refractivity contribution in [2.45, 2.75) is 19.6 Å². The lowest BCUT2D eigenvalue weighted by Gasteiger charge is -2.11. The first-order valence-corrected chi connectivity index (χ1v) is 7.02. The standard InChI is InChI=1S/C16H14F3N3O/c1-3-22-15-12(9-20-22)13(16(17,18)19)8-14(21-15)10-5-4-6-11(7-10)23-2/h4-9H,3H2,1-2H3. The Kier molecular flexibility index (Phi) is 3.71. The number of benzene rings is 1. The van der Waals surface area contributed by atoms with Gasteiger partial charge in [0.15, 0.2) is 5.65 Å². The van der Waals surface area contributed by atoms with E-state index in [9.17, 15) is 13.2 Å². The van der Waals surface area contributed by atoms with Crippen LogP contribution >= 0.6 is 0 Å². The molecule has 3 aromatic rings. The van der Waals surface area contributed by atoms with Gasteiger partial charge in [-0.15, -0.1) is 0 Å². The van der Waals surface area contributed by atoms with Gasteiger partial charge in [0.2, 0.25) is 0 Å². The summed E-state index contributed by atoms with van der Waals surface area (Å²) in [4.78, 5) is 4.37. The van der Waals surface area contributed by atoms with Crippen LogP contribution in [-0.4, -0.2) is 21.9 Å². The molecule has 0 N–H and O–H groups in total.